The molecule has 16 heavy (non-hydrogen) atoms. The molecule has 1 aromatic carbocycles. The number of carbonyl (C=O) groups is 1. The minimum atomic E-state index is -0.402. The Labute approximate surface area is 97.0 Å². The van der Waals surface area contributed by atoms with Gasteiger partial charge in [-0.15, -0.1) is 0 Å². The molecule has 0 saturated carbocycles. The van der Waals surface area contributed by atoms with Crippen LogP contribution in [-0.2, 0) is 4.79 Å². The van der Waals surface area contributed by atoms with Crippen LogP contribution in [0.2, 0.25) is 0 Å². The summed E-state index contributed by atoms with van der Waals surface area (Å²) in [6.07, 6.45) is 0. The standard InChI is InChI=1S/C13H20N2O/c1-13(2,3)9-15-11(12(14)16)10-7-5-4-6-8-10/h4-8,11,15H,9H2,1-3H3,(H2,14,16)/t11-/m1/s1. The quantitative estimate of drug-likeness (QED) is 0.813. The number of primary amides is 1. The summed E-state index contributed by atoms with van der Waals surface area (Å²) in [7, 11) is 0. The van der Waals surface area contributed by atoms with Crippen LogP contribution in [0.3, 0.4) is 0 Å². The maximum atomic E-state index is 11.4. The SMILES string of the molecule is CC(C)(C)CN[C@@H](C(N)=O)c1ccccc1. The fourth-order valence-electron chi connectivity index (χ4n) is 1.44. The highest BCUT2D eigenvalue weighted by molar-refractivity contribution is 5.81. The van der Waals surface area contributed by atoms with Gasteiger partial charge in [-0.25, -0.2) is 0 Å². The van der Waals surface area contributed by atoms with Crippen molar-refractivity contribution in [1.29, 1.82) is 0 Å². The number of hydrogen-bond donors (Lipinski definition) is 2. The van der Waals surface area contributed by atoms with Crippen LogP contribution < -0.4 is 11.1 Å². The molecule has 0 aromatic heterocycles. The lowest BCUT2D eigenvalue weighted by Gasteiger charge is -2.23. The van der Waals surface area contributed by atoms with Crippen LogP contribution in [0.1, 0.15) is 32.4 Å². The summed E-state index contributed by atoms with van der Waals surface area (Å²) in [5.41, 5.74) is 6.44. The van der Waals surface area contributed by atoms with Crippen LogP contribution in [0.15, 0.2) is 30.3 Å². The van der Waals surface area contributed by atoms with Gasteiger partial charge in [-0.1, -0.05) is 51.1 Å². The van der Waals surface area contributed by atoms with E-state index in [1.807, 2.05) is 30.3 Å². The predicted molar refractivity (Wildman–Crippen MR) is 65.8 cm³/mol. The van der Waals surface area contributed by atoms with Crippen molar-refractivity contribution in [2.24, 2.45) is 11.1 Å². The Morgan fingerprint density at radius 3 is 2.31 bits per heavy atom. The summed E-state index contributed by atoms with van der Waals surface area (Å²) in [5, 5.41) is 3.20. The van der Waals surface area contributed by atoms with Gasteiger partial charge < -0.3 is 11.1 Å². The molecule has 0 radical (unpaired) electrons. The van der Waals surface area contributed by atoms with Gasteiger partial charge in [0.25, 0.3) is 0 Å². The van der Waals surface area contributed by atoms with E-state index in [2.05, 4.69) is 26.1 Å². The molecular weight excluding hydrogens is 200 g/mol. The van der Waals surface area contributed by atoms with Gasteiger partial charge in [-0.2, -0.15) is 0 Å². The monoisotopic (exact) mass is 220 g/mol. The Morgan fingerprint density at radius 2 is 1.88 bits per heavy atom. The predicted octanol–water partition coefficient (Wildman–Crippen LogP) is 1.85. The van der Waals surface area contributed by atoms with Gasteiger partial charge in [-0.05, 0) is 11.0 Å². The normalized spacial score (nSPS) is 13.4. The van der Waals surface area contributed by atoms with Crippen molar-refractivity contribution in [2.75, 3.05) is 6.54 Å². The highest BCUT2D eigenvalue weighted by Gasteiger charge is 2.19. The molecule has 0 aliphatic heterocycles. The fourth-order valence-corrected chi connectivity index (χ4v) is 1.44. The molecule has 3 heteroatoms. The molecule has 0 aliphatic rings. The van der Waals surface area contributed by atoms with Crippen molar-refractivity contribution in [3.05, 3.63) is 35.9 Å². The molecule has 88 valence electrons. The summed E-state index contributed by atoms with van der Waals surface area (Å²) < 4.78 is 0. The van der Waals surface area contributed by atoms with Gasteiger partial charge in [0.05, 0.1) is 0 Å². The first kappa shape index (κ1) is 12.7. The Balaban J connectivity index is 2.74. The number of nitrogens with one attached hydrogen (secondary N) is 1. The van der Waals surface area contributed by atoms with Crippen LogP contribution in [0, 0.1) is 5.41 Å². The third-order valence-electron chi connectivity index (χ3n) is 2.25. The van der Waals surface area contributed by atoms with Gasteiger partial charge in [-0.3, -0.25) is 4.79 Å². The minimum Gasteiger partial charge on any atom is -0.368 e. The van der Waals surface area contributed by atoms with E-state index in [1.165, 1.54) is 0 Å². The van der Waals surface area contributed by atoms with Crippen molar-refractivity contribution in [3.8, 4) is 0 Å². The molecule has 0 bridgehead atoms. The Hall–Kier alpha value is -1.35. The van der Waals surface area contributed by atoms with Crippen LogP contribution in [-0.4, -0.2) is 12.5 Å². The van der Waals surface area contributed by atoms with Crippen molar-refractivity contribution in [2.45, 2.75) is 26.8 Å². The molecule has 0 heterocycles. The van der Waals surface area contributed by atoms with Gasteiger partial charge >= 0.3 is 0 Å². The molecule has 1 amide bonds. The van der Waals surface area contributed by atoms with Crippen molar-refractivity contribution >= 4 is 5.91 Å². The summed E-state index contributed by atoms with van der Waals surface area (Å²) in [4.78, 5) is 11.4. The van der Waals surface area contributed by atoms with E-state index in [0.717, 1.165) is 12.1 Å². The largest absolute Gasteiger partial charge is 0.368 e. The molecule has 0 unspecified atom stereocenters. The molecule has 0 saturated heterocycles. The average Bonchev–Trinajstić information content (AvgIpc) is 2.17. The summed E-state index contributed by atoms with van der Waals surface area (Å²) in [5.74, 6) is -0.338. The zero-order valence-corrected chi connectivity index (χ0v) is 10.2. The maximum Gasteiger partial charge on any atom is 0.239 e. The van der Waals surface area contributed by atoms with E-state index >= 15 is 0 Å². The van der Waals surface area contributed by atoms with E-state index in [0.29, 0.717) is 0 Å². The molecule has 1 rings (SSSR count). The van der Waals surface area contributed by atoms with Crippen LogP contribution in [0.4, 0.5) is 0 Å². The Kier molecular flexibility index (Phi) is 4.07. The molecule has 1 aromatic rings. The molecule has 1 atom stereocenters. The van der Waals surface area contributed by atoms with E-state index in [4.69, 9.17) is 5.73 Å². The van der Waals surface area contributed by atoms with Gasteiger partial charge in [0.1, 0.15) is 6.04 Å². The number of amides is 1. The smallest absolute Gasteiger partial charge is 0.239 e. The second-order valence-corrected chi connectivity index (χ2v) is 5.19. The zero-order valence-electron chi connectivity index (χ0n) is 10.2. The first-order valence-electron chi connectivity index (χ1n) is 5.48. The molecule has 0 aliphatic carbocycles. The lowest BCUT2D eigenvalue weighted by Crippen LogP contribution is -2.38. The lowest BCUT2D eigenvalue weighted by molar-refractivity contribution is -0.120. The number of rotatable bonds is 4. The second-order valence-electron chi connectivity index (χ2n) is 5.19. The second kappa shape index (κ2) is 5.12. The molecule has 3 nitrogen and oxygen atoms in total. The first-order chi connectivity index (χ1) is 7.40. The van der Waals surface area contributed by atoms with Crippen molar-refractivity contribution in [1.82, 2.24) is 5.32 Å². The summed E-state index contributed by atoms with van der Waals surface area (Å²) in [6, 6.07) is 9.15. The van der Waals surface area contributed by atoms with E-state index < -0.39 is 6.04 Å². The van der Waals surface area contributed by atoms with Crippen LogP contribution in [0.25, 0.3) is 0 Å². The third-order valence-corrected chi connectivity index (χ3v) is 2.25. The fraction of sp³-hybridized carbons (Fsp3) is 0.462. The molecular formula is C13H20N2O. The topological polar surface area (TPSA) is 55.1 Å². The molecule has 0 fully saturated rings. The van der Waals surface area contributed by atoms with Crippen LogP contribution in [0.5, 0.6) is 0 Å². The van der Waals surface area contributed by atoms with Gasteiger partial charge in [0.15, 0.2) is 0 Å². The number of benzene rings is 1. The lowest BCUT2D eigenvalue weighted by atomic mass is 9.95. The molecule has 3 N–H and O–H groups in total. The van der Waals surface area contributed by atoms with Crippen molar-refractivity contribution < 1.29 is 4.79 Å². The van der Waals surface area contributed by atoms with E-state index in [9.17, 15) is 4.79 Å². The zero-order chi connectivity index (χ0) is 12.2. The average molecular weight is 220 g/mol. The Morgan fingerprint density at radius 1 is 1.31 bits per heavy atom. The van der Waals surface area contributed by atoms with Gasteiger partial charge in [0, 0.05) is 6.54 Å². The summed E-state index contributed by atoms with van der Waals surface area (Å²) in [6.45, 7) is 7.09. The Bertz CT molecular complexity index is 341. The van der Waals surface area contributed by atoms with E-state index in [-0.39, 0.29) is 11.3 Å². The summed E-state index contributed by atoms with van der Waals surface area (Å²) >= 11 is 0. The highest BCUT2D eigenvalue weighted by atomic mass is 16.1. The highest BCUT2D eigenvalue weighted by Crippen LogP contribution is 2.16. The number of carbonyl (C=O) groups excluding carboxylic acids is 1. The van der Waals surface area contributed by atoms with E-state index in [1.54, 1.807) is 0 Å². The molecule has 0 spiro atoms. The first-order valence-corrected chi connectivity index (χ1v) is 5.48. The number of nitrogens with two attached hydrogens (primary N) is 1. The third kappa shape index (κ3) is 4.03. The van der Waals surface area contributed by atoms with Crippen LogP contribution >= 0.6 is 0 Å². The minimum absolute atomic E-state index is 0.127. The maximum absolute atomic E-state index is 11.4. The van der Waals surface area contributed by atoms with Crippen molar-refractivity contribution in [3.63, 3.8) is 0 Å². The van der Waals surface area contributed by atoms with Gasteiger partial charge in [0.2, 0.25) is 5.91 Å². The number of hydrogen-bond acceptors (Lipinski definition) is 2.